The maximum absolute atomic E-state index is 9.26. The van der Waals surface area contributed by atoms with E-state index in [0.29, 0.717) is 0 Å². The molecule has 0 radical (unpaired) electrons. The van der Waals surface area contributed by atoms with Crippen molar-refractivity contribution >= 4 is 11.4 Å². The first-order chi connectivity index (χ1) is 2.27. The molecule has 0 rings (SSSR count). The molecule has 3 N–H and O–H groups in total. The van der Waals surface area contributed by atoms with Crippen molar-refractivity contribution in [2.45, 2.75) is 0 Å². The summed E-state index contributed by atoms with van der Waals surface area (Å²) >= 11 is -2.07. The van der Waals surface area contributed by atoms with Gasteiger partial charge >= 0.3 is 40.9 Å². The van der Waals surface area contributed by atoms with E-state index in [2.05, 4.69) is 4.18 Å². The van der Waals surface area contributed by atoms with Gasteiger partial charge in [0.2, 0.25) is 0 Å². The molecule has 0 saturated heterocycles. The molecule has 0 aromatic carbocycles. The van der Waals surface area contributed by atoms with Crippen molar-refractivity contribution in [2.75, 3.05) is 7.11 Å². The molecular formula is CH7NaO4S. The second-order valence-corrected chi connectivity index (χ2v) is 1.15. The largest absolute Gasteiger partial charge is 1.00 e. The third kappa shape index (κ3) is 19.4. The molecule has 0 spiro atoms. The minimum Gasteiger partial charge on any atom is -1.00 e. The van der Waals surface area contributed by atoms with E-state index in [4.69, 9.17) is 4.55 Å². The molecule has 0 heterocycles. The fraction of sp³-hybridized carbons (Fsp3) is 1.00. The van der Waals surface area contributed by atoms with Crippen LogP contribution in [0.25, 0.3) is 0 Å². The molecule has 0 amide bonds. The van der Waals surface area contributed by atoms with Gasteiger partial charge in [-0.3, -0.25) is 8.74 Å². The Morgan fingerprint density at radius 1 is 1.86 bits per heavy atom. The van der Waals surface area contributed by atoms with Crippen LogP contribution < -0.4 is 29.6 Å². The van der Waals surface area contributed by atoms with Crippen molar-refractivity contribution in [1.29, 1.82) is 0 Å². The first kappa shape index (κ1) is 15.7. The quantitative estimate of drug-likeness (QED) is 0.297. The predicted octanol–water partition coefficient (Wildman–Crippen LogP) is -3.94. The Labute approximate surface area is 67.8 Å². The van der Waals surface area contributed by atoms with Crippen LogP contribution in [0.15, 0.2) is 0 Å². The van der Waals surface area contributed by atoms with Crippen LogP contribution in [-0.4, -0.2) is 21.3 Å². The molecule has 0 aliphatic carbocycles. The maximum Gasteiger partial charge on any atom is 1.00 e. The van der Waals surface area contributed by atoms with Crippen molar-refractivity contribution in [1.82, 2.24) is 0 Å². The van der Waals surface area contributed by atoms with Crippen molar-refractivity contribution in [3.05, 3.63) is 0 Å². The van der Waals surface area contributed by atoms with Crippen LogP contribution in [0.3, 0.4) is 0 Å². The van der Waals surface area contributed by atoms with Crippen LogP contribution in [0.2, 0.25) is 0 Å². The Balaban J connectivity index is -0.0000000267. The summed E-state index contributed by atoms with van der Waals surface area (Å²) in [6.45, 7) is 0. The van der Waals surface area contributed by atoms with Gasteiger partial charge in [0.1, 0.15) is 0 Å². The molecule has 0 aromatic rings. The zero-order valence-corrected chi connectivity index (χ0v) is 6.99. The standard InChI is InChI=1S/CH4O3S.Na.H2O.H/c1-4-5(2)3;;;/h1H3,(H,2,3);;1H2;/q;+1;;-1. The Bertz CT molecular complexity index is 51.3. The van der Waals surface area contributed by atoms with Crippen molar-refractivity contribution in [2.24, 2.45) is 0 Å². The van der Waals surface area contributed by atoms with Crippen LogP contribution in [0.5, 0.6) is 0 Å². The van der Waals surface area contributed by atoms with Gasteiger partial charge in [0.05, 0.1) is 7.11 Å². The molecule has 6 heteroatoms. The predicted molar refractivity (Wildman–Crippen MR) is 22.5 cm³/mol. The Morgan fingerprint density at radius 2 is 2.00 bits per heavy atom. The van der Waals surface area contributed by atoms with Gasteiger partial charge in [-0.15, -0.1) is 0 Å². The van der Waals surface area contributed by atoms with E-state index < -0.39 is 11.4 Å². The summed E-state index contributed by atoms with van der Waals surface area (Å²) in [7, 11) is 1.15. The average molecular weight is 138 g/mol. The fourth-order valence-electron chi connectivity index (χ4n) is 0. The van der Waals surface area contributed by atoms with E-state index in [1.807, 2.05) is 0 Å². The van der Waals surface area contributed by atoms with E-state index in [1.165, 1.54) is 0 Å². The van der Waals surface area contributed by atoms with Gasteiger partial charge in [0.15, 0.2) is 0 Å². The number of rotatable bonds is 1. The topological polar surface area (TPSA) is 78.0 Å². The first-order valence-electron chi connectivity index (χ1n) is 0.924. The summed E-state index contributed by atoms with van der Waals surface area (Å²) < 4.78 is 20.6. The zero-order chi connectivity index (χ0) is 4.28. The summed E-state index contributed by atoms with van der Waals surface area (Å²) in [6, 6.07) is 0. The van der Waals surface area contributed by atoms with Crippen molar-refractivity contribution in [3.8, 4) is 0 Å². The van der Waals surface area contributed by atoms with Crippen LogP contribution in [0, 0.1) is 0 Å². The maximum atomic E-state index is 9.26. The SMILES string of the molecule is COS(=O)O.O.[H-].[Na+]. The third-order valence-electron chi connectivity index (χ3n) is 0.143. The zero-order valence-electron chi connectivity index (χ0n) is 5.17. The summed E-state index contributed by atoms with van der Waals surface area (Å²) in [5, 5.41) is 0. The fourth-order valence-corrected chi connectivity index (χ4v) is 0. The molecule has 0 fully saturated rings. The average Bonchev–Trinajstić information content (AvgIpc) is 1.38. The van der Waals surface area contributed by atoms with E-state index in [0.717, 1.165) is 7.11 Å². The Hall–Kier alpha value is 1.03. The molecule has 1 atom stereocenters. The smallest absolute Gasteiger partial charge is 1.00 e. The van der Waals surface area contributed by atoms with E-state index in [-0.39, 0.29) is 36.5 Å². The van der Waals surface area contributed by atoms with Crippen LogP contribution in [0.1, 0.15) is 1.43 Å². The minimum atomic E-state index is -2.07. The van der Waals surface area contributed by atoms with Crippen molar-refractivity contribution in [3.63, 3.8) is 0 Å². The van der Waals surface area contributed by atoms with E-state index in [1.54, 1.807) is 0 Å². The van der Waals surface area contributed by atoms with Gasteiger partial charge in [0, 0.05) is 0 Å². The van der Waals surface area contributed by atoms with Gasteiger partial charge in [-0.25, -0.2) is 0 Å². The Morgan fingerprint density at radius 3 is 2.00 bits per heavy atom. The second kappa shape index (κ2) is 10.1. The summed E-state index contributed by atoms with van der Waals surface area (Å²) in [5.41, 5.74) is 0. The van der Waals surface area contributed by atoms with E-state index >= 15 is 0 Å². The van der Waals surface area contributed by atoms with E-state index in [9.17, 15) is 4.21 Å². The number of hydrogen-bond acceptors (Lipinski definition) is 2. The summed E-state index contributed by atoms with van der Waals surface area (Å²) in [5.74, 6) is 0. The van der Waals surface area contributed by atoms with Crippen molar-refractivity contribution < 1.29 is 49.4 Å². The molecule has 0 aliphatic rings. The minimum absolute atomic E-state index is 0. The first-order valence-corrected chi connectivity index (χ1v) is 1.96. The molecule has 7 heavy (non-hydrogen) atoms. The molecule has 4 nitrogen and oxygen atoms in total. The van der Waals surface area contributed by atoms with Gasteiger partial charge in [-0.2, -0.15) is 4.21 Å². The number of hydrogen-bond donors (Lipinski definition) is 1. The normalized spacial score (nSPS) is 10.6. The van der Waals surface area contributed by atoms with Crippen LogP contribution >= 0.6 is 0 Å². The van der Waals surface area contributed by atoms with Gasteiger partial charge in [-0.05, 0) is 0 Å². The second-order valence-electron chi connectivity index (χ2n) is 0.384. The monoisotopic (exact) mass is 138 g/mol. The molecular weight excluding hydrogens is 131 g/mol. The Kier molecular flexibility index (Phi) is 22.6. The summed E-state index contributed by atoms with van der Waals surface area (Å²) in [6.07, 6.45) is 0. The molecule has 0 saturated carbocycles. The van der Waals surface area contributed by atoms with Crippen LogP contribution in [-0.2, 0) is 15.5 Å². The van der Waals surface area contributed by atoms with Gasteiger partial charge in [-0.1, -0.05) is 0 Å². The van der Waals surface area contributed by atoms with Gasteiger partial charge < -0.3 is 6.90 Å². The van der Waals surface area contributed by atoms with Gasteiger partial charge in [0.25, 0.3) is 0 Å². The molecule has 42 valence electrons. The van der Waals surface area contributed by atoms with Crippen LogP contribution in [0.4, 0.5) is 0 Å². The molecule has 0 aliphatic heterocycles. The molecule has 0 aromatic heterocycles. The molecule has 1 unspecified atom stereocenters. The third-order valence-corrected chi connectivity index (χ3v) is 0.428. The summed E-state index contributed by atoms with van der Waals surface area (Å²) in [4.78, 5) is 0. The molecule has 0 bridgehead atoms.